The Labute approximate surface area is 177 Å². The lowest BCUT2D eigenvalue weighted by Gasteiger charge is -2.29. The molecule has 1 saturated heterocycles. The fraction of sp³-hybridized carbons (Fsp3) is 0.300. The summed E-state index contributed by atoms with van der Waals surface area (Å²) in [5.41, 5.74) is 2.44. The summed E-state index contributed by atoms with van der Waals surface area (Å²) in [5.74, 6) is 1.85. The quantitative estimate of drug-likeness (QED) is 0.751. The van der Waals surface area contributed by atoms with Crippen molar-refractivity contribution < 1.29 is 9.59 Å². The molecule has 2 amide bonds. The average molecular weight is 434 g/mol. The Hall–Kier alpha value is -1.83. The SMILES string of the molecule is O=C(C[C@H]1Sc2ccccc2NC1=O)Nc1ccc(N2CCSCC2)c(Cl)c1. The molecular formula is C20H20ClN3O2S2. The topological polar surface area (TPSA) is 61.4 Å². The molecule has 2 N–H and O–H groups in total. The summed E-state index contributed by atoms with van der Waals surface area (Å²) in [5, 5.41) is 5.91. The zero-order valence-corrected chi connectivity index (χ0v) is 17.5. The van der Waals surface area contributed by atoms with Gasteiger partial charge in [0.15, 0.2) is 0 Å². The van der Waals surface area contributed by atoms with Crippen LogP contribution in [0.15, 0.2) is 47.4 Å². The largest absolute Gasteiger partial charge is 0.369 e. The number of benzene rings is 2. The number of nitrogens with zero attached hydrogens (tertiary/aromatic N) is 1. The number of carbonyl (C=O) groups is 2. The summed E-state index contributed by atoms with van der Waals surface area (Å²) in [4.78, 5) is 28.0. The van der Waals surface area contributed by atoms with Crippen LogP contribution in [0.4, 0.5) is 17.1 Å². The molecule has 0 aromatic heterocycles. The molecule has 0 radical (unpaired) electrons. The molecule has 0 bridgehead atoms. The molecule has 4 rings (SSSR count). The average Bonchev–Trinajstić information content (AvgIpc) is 2.69. The van der Waals surface area contributed by atoms with E-state index in [1.54, 1.807) is 6.07 Å². The number of hydrogen-bond acceptors (Lipinski definition) is 5. The smallest absolute Gasteiger partial charge is 0.238 e. The van der Waals surface area contributed by atoms with Gasteiger partial charge >= 0.3 is 0 Å². The van der Waals surface area contributed by atoms with Gasteiger partial charge in [0.1, 0.15) is 0 Å². The van der Waals surface area contributed by atoms with E-state index >= 15 is 0 Å². The van der Waals surface area contributed by atoms with Gasteiger partial charge in [-0.15, -0.1) is 11.8 Å². The van der Waals surface area contributed by atoms with Crippen molar-refractivity contribution in [3.63, 3.8) is 0 Å². The number of rotatable bonds is 4. The van der Waals surface area contributed by atoms with Gasteiger partial charge in [-0.1, -0.05) is 23.7 Å². The number of hydrogen-bond donors (Lipinski definition) is 2. The van der Waals surface area contributed by atoms with E-state index < -0.39 is 5.25 Å². The first-order valence-corrected chi connectivity index (χ1v) is 11.5. The zero-order valence-electron chi connectivity index (χ0n) is 15.1. The summed E-state index contributed by atoms with van der Waals surface area (Å²) in [7, 11) is 0. The predicted octanol–water partition coefficient (Wildman–Crippen LogP) is 4.33. The molecule has 1 fully saturated rings. The second-order valence-electron chi connectivity index (χ2n) is 6.61. The molecule has 2 aliphatic heterocycles. The first kappa shape index (κ1) is 19.5. The second kappa shape index (κ2) is 8.68. The molecular weight excluding hydrogens is 414 g/mol. The van der Waals surface area contributed by atoms with Crippen LogP contribution in [0.25, 0.3) is 0 Å². The van der Waals surface area contributed by atoms with Crippen LogP contribution < -0.4 is 15.5 Å². The summed E-state index contributed by atoms with van der Waals surface area (Å²) < 4.78 is 0. The number of carbonyl (C=O) groups excluding carboxylic acids is 2. The lowest BCUT2D eigenvalue weighted by molar-refractivity contribution is -0.120. The summed E-state index contributed by atoms with van der Waals surface area (Å²) in [6, 6.07) is 13.2. The van der Waals surface area contributed by atoms with Crippen molar-refractivity contribution in [3.05, 3.63) is 47.5 Å². The van der Waals surface area contributed by atoms with Crippen LogP contribution >= 0.6 is 35.1 Å². The summed E-state index contributed by atoms with van der Waals surface area (Å²) >= 11 is 9.82. The molecule has 2 aromatic rings. The molecule has 2 heterocycles. The first-order valence-electron chi connectivity index (χ1n) is 9.09. The molecule has 8 heteroatoms. The van der Waals surface area contributed by atoms with Crippen molar-refractivity contribution in [2.24, 2.45) is 0 Å². The molecule has 5 nitrogen and oxygen atoms in total. The Morgan fingerprint density at radius 1 is 1.21 bits per heavy atom. The van der Waals surface area contributed by atoms with Crippen molar-refractivity contribution in [3.8, 4) is 0 Å². The molecule has 0 saturated carbocycles. The minimum absolute atomic E-state index is 0.105. The Morgan fingerprint density at radius 2 is 2.00 bits per heavy atom. The molecule has 0 spiro atoms. The number of halogens is 1. The van der Waals surface area contributed by atoms with E-state index in [9.17, 15) is 9.59 Å². The van der Waals surface area contributed by atoms with Gasteiger partial charge in [0.25, 0.3) is 0 Å². The lowest BCUT2D eigenvalue weighted by Crippen LogP contribution is -2.33. The standard InChI is InChI=1S/C20H20ClN3O2S2/c21-14-11-13(5-6-16(14)24-7-9-27-10-8-24)22-19(25)12-18-20(26)23-15-3-1-2-4-17(15)28-18/h1-6,11,18H,7-10,12H2,(H,22,25)(H,23,26)/t18-/m1/s1. The van der Waals surface area contributed by atoms with E-state index in [2.05, 4.69) is 15.5 Å². The molecule has 146 valence electrons. The maximum Gasteiger partial charge on any atom is 0.238 e. The van der Waals surface area contributed by atoms with Crippen LogP contribution in [-0.2, 0) is 9.59 Å². The highest BCUT2D eigenvalue weighted by Crippen LogP contribution is 2.37. The van der Waals surface area contributed by atoms with Crippen LogP contribution in [0.5, 0.6) is 0 Å². The molecule has 0 aliphatic carbocycles. The minimum Gasteiger partial charge on any atom is -0.369 e. The van der Waals surface area contributed by atoms with E-state index in [4.69, 9.17) is 11.6 Å². The van der Waals surface area contributed by atoms with Gasteiger partial charge in [-0.05, 0) is 30.3 Å². The van der Waals surface area contributed by atoms with Crippen LogP contribution in [-0.4, -0.2) is 41.7 Å². The third kappa shape index (κ3) is 4.42. The van der Waals surface area contributed by atoms with Gasteiger partial charge in [0.05, 0.1) is 21.6 Å². The van der Waals surface area contributed by atoms with E-state index in [0.717, 1.165) is 40.9 Å². The predicted molar refractivity (Wildman–Crippen MR) is 119 cm³/mol. The highest BCUT2D eigenvalue weighted by molar-refractivity contribution is 8.01. The highest BCUT2D eigenvalue weighted by Gasteiger charge is 2.28. The fourth-order valence-corrected chi connectivity index (χ4v) is 5.57. The van der Waals surface area contributed by atoms with Crippen molar-refractivity contribution >= 4 is 64.0 Å². The van der Waals surface area contributed by atoms with E-state index in [1.165, 1.54) is 11.8 Å². The van der Waals surface area contributed by atoms with Gasteiger partial charge in [-0.2, -0.15) is 11.8 Å². The minimum atomic E-state index is -0.449. The van der Waals surface area contributed by atoms with Crippen LogP contribution in [0.2, 0.25) is 5.02 Å². The van der Waals surface area contributed by atoms with Crippen molar-refractivity contribution in [1.82, 2.24) is 0 Å². The van der Waals surface area contributed by atoms with E-state index in [0.29, 0.717) is 10.7 Å². The Kier molecular flexibility index (Phi) is 6.04. The Balaban J connectivity index is 1.38. The fourth-order valence-electron chi connectivity index (χ4n) is 3.25. The van der Waals surface area contributed by atoms with Gasteiger partial charge in [-0.25, -0.2) is 0 Å². The summed E-state index contributed by atoms with van der Waals surface area (Å²) in [6.45, 7) is 1.96. The molecule has 1 atom stereocenters. The third-order valence-electron chi connectivity index (χ3n) is 4.66. The Morgan fingerprint density at radius 3 is 2.79 bits per heavy atom. The van der Waals surface area contributed by atoms with Crippen molar-refractivity contribution in [2.75, 3.05) is 40.1 Å². The third-order valence-corrected chi connectivity index (χ3v) is 7.18. The van der Waals surface area contributed by atoms with E-state index in [-0.39, 0.29) is 18.2 Å². The number of anilines is 3. The normalized spacial score (nSPS) is 19.0. The maximum atomic E-state index is 12.5. The van der Waals surface area contributed by atoms with Gasteiger partial charge in [0.2, 0.25) is 11.8 Å². The summed E-state index contributed by atoms with van der Waals surface area (Å²) in [6.07, 6.45) is 0.105. The van der Waals surface area contributed by atoms with Gasteiger partial charge < -0.3 is 15.5 Å². The molecule has 2 aromatic carbocycles. The number of para-hydroxylation sites is 1. The monoisotopic (exact) mass is 433 g/mol. The van der Waals surface area contributed by atoms with Crippen LogP contribution in [0, 0.1) is 0 Å². The number of amides is 2. The number of fused-ring (bicyclic) bond motifs is 1. The first-order chi connectivity index (χ1) is 13.6. The van der Waals surface area contributed by atoms with Crippen molar-refractivity contribution in [1.29, 1.82) is 0 Å². The van der Waals surface area contributed by atoms with Gasteiger partial charge in [0, 0.05) is 41.6 Å². The second-order valence-corrected chi connectivity index (χ2v) is 9.49. The number of nitrogens with one attached hydrogen (secondary N) is 2. The molecule has 0 unspecified atom stereocenters. The maximum absolute atomic E-state index is 12.5. The molecule has 2 aliphatic rings. The zero-order chi connectivity index (χ0) is 19.5. The molecule has 28 heavy (non-hydrogen) atoms. The van der Waals surface area contributed by atoms with Crippen molar-refractivity contribution in [2.45, 2.75) is 16.6 Å². The lowest BCUT2D eigenvalue weighted by atomic mass is 10.2. The van der Waals surface area contributed by atoms with Gasteiger partial charge in [-0.3, -0.25) is 9.59 Å². The van der Waals surface area contributed by atoms with E-state index in [1.807, 2.05) is 48.2 Å². The highest BCUT2D eigenvalue weighted by atomic mass is 35.5. The number of thioether (sulfide) groups is 2. The van der Waals surface area contributed by atoms with Crippen LogP contribution in [0.3, 0.4) is 0 Å². The Bertz CT molecular complexity index is 903. The van der Waals surface area contributed by atoms with Crippen LogP contribution in [0.1, 0.15) is 6.42 Å².